The van der Waals surface area contributed by atoms with Gasteiger partial charge in [0.1, 0.15) is 12.4 Å². The van der Waals surface area contributed by atoms with Crippen molar-refractivity contribution in [2.75, 3.05) is 13.2 Å². The van der Waals surface area contributed by atoms with Crippen LogP contribution >= 0.6 is 0 Å². The summed E-state index contributed by atoms with van der Waals surface area (Å²) in [6.45, 7) is 2.49. The van der Waals surface area contributed by atoms with Gasteiger partial charge in [0.05, 0.1) is 12.9 Å². The molecule has 2 rings (SSSR count). The molecule has 0 aliphatic carbocycles. The number of imidazole rings is 1. The molecule has 0 atom stereocenters. The molecule has 0 spiro atoms. The van der Waals surface area contributed by atoms with E-state index < -0.39 is 11.9 Å². The number of aromatic amines is 1. The van der Waals surface area contributed by atoms with Crippen molar-refractivity contribution in [3.8, 4) is 5.75 Å². The number of nitrogens with one attached hydrogen (secondary N) is 2. The van der Waals surface area contributed by atoms with Gasteiger partial charge in [-0.25, -0.2) is 9.78 Å². The fraction of sp³-hybridized carbons (Fsp3) is 0.214. The Bertz CT molecular complexity index is 651. The third-order valence-electron chi connectivity index (χ3n) is 2.71. The van der Waals surface area contributed by atoms with E-state index in [0.717, 1.165) is 11.3 Å². The normalized spacial score (nSPS) is 10.1. The fourth-order valence-corrected chi connectivity index (χ4v) is 1.75. The standard InChI is InChI=1S/C14H15N3O4/c1-9-3-2-4-10(7-9)21-6-5-15-13(18)11-12(14(19)20)17-8-16-11/h2-4,7-8H,5-6H2,1H3,(H,15,18)(H,16,17)(H,19,20). The maximum absolute atomic E-state index is 11.8. The number of carbonyl (C=O) groups excluding carboxylic acids is 1. The number of H-pyrrole nitrogens is 1. The second-order valence-corrected chi connectivity index (χ2v) is 4.35. The number of carbonyl (C=O) groups is 2. The lowest BCUT2D eigenvalue weighted by Gasteiger charge is -2.07. The van der Waals surface area contributed by atoms with Gasteiger partial charge < -0.3 is 20.1 Å². The van der Waals surface area contributed by atoms with Crippen LogP contribution in [-0.4, -0.2) is 40.1 Å². The van der Waals surface area contributed by atoms with E-state index >= 15 is 0 Å². The molecule has 0 saturated heterocycles. The first-order valence-electron chi connectivity index (χ1n) is 6.32. The zero-order chi connectivity index (χ0) is 15.2. The summed E-state index contributed by atoms with van der Waals surface area (Å²) in [5.41, 5.74) is 0.712. The fourth-order valence-electron chi connectivity index (χ4n) is 1.75. The van der Waals surface area contributed by atoms with E-state index in [-0.39, 0.29) is 24.5 Å². The summed E-state index contributed by atoms with van der Waals surface area (Å²) >= 11 is 0. The van der Waals surface area contributed by atoms with Crippen LogP contribution in [0.4, 0.5) is 0 Å². The van der Waals surface area contributed by atoms with Crippen molar-refractivity contribution < 1.29 is 19.4 Å². The Morgan fingerprint density at radius 3 is 2.95 bits per heavy atom. The van der Waals surface area contributed by atoms with Gasteiger partial charge >= 0.3 is 5.97 Å². The highest BCUT2D eigenvalue weighted by Gasteiger charge is 2.19. The summed E-state index contributed by atoms with van der Waals surface area (Å²) in [5.74, 6) is -1.06. The Hall–Kier alpha value is -2.83. The maximum atomic E-state index is 11.8. The number of carboxylic acids is 1. The molecular formula is C14H15N3O4. The molecule has 0 aliphatic heterocycles. The number of amides is 1. The molecule has 7 heteroatoms. The molecule has 0 radical (unpaired) electrons. The minimum atomic E-state index is -1.23. The van der Waals surface area contributed by atoms with Crippen LogP contribution in [0.5, 0.6) is 5.75 Å². The lowest BCUT2D eigenvalue weighted by atomic mass is 10.2. The van der Waals surface area contributed by atoms with Gasteiger partial charge in [-0.15, -0.1) is 0 Å². The van der Waals surface area contributed by atoms with Crippen molar-refractivity contribution >= 4 is 11.9 Å². The first-order chi connectivity index (χ1) is 10.1. The van der Waals surface area contributed by atoms with Gasteiger partial charge in [0.25, 0.3) is 5.91 Å². The quantitative estimate of drug-likeness (QED) is 0.694. The van der Waals surface area contributed by atoms with Crippen molar-refractivity contribution in [3.63, 3.8) is 0 Å². The first kappa shape index (κ1) is 14.6. The highest BCUT2D eigenvalue weighted by Crippen LogP contribution is 2.11. The van der Waals surface area contributed by atoms with Crippen molar-refractivity contribution in [3.05, 3.63) is 47.5 Å². The molecule has 0 aliphatic rings. The second-order valence-electron chi connectivity index (χ2n) is 4.35. The summed E-state index contributed by atoms with van der Waals surface area (Å²) in [6, 6.07) is 7.55. The molecule has 21 heavy (non-hydrogen) atoms. The highest BCUT2D eigenvalue weighted by atomic mass is 16.5. The Balaban J connectivity index is 1.82. The zero-order valence-corrected chi connectivity index (χ0v) is 11.4. The molecule has 3 N–H and O–H groups in total. The SMILES string of the molecule is Cc1cccc(OCCNC(=O)c2nc[nH]c2C(=O)O)c1. The van der Waals surface area contributed by atoms with Gasteiger partial charge in [0.2, 0.25) is 0 Å². The lowest BCUT2D eigenvalue weighted by molar-refractivity contribution is 0.0685. The Morgan fingerprint density at radius 2 is 2.24 bits per heavy atom. The number of hydrogen-bond donors (Lipinski definition) is 3. The van der Waals surface area contributed by atoms with E-state index in [1.165, 1.54) is 6.33 Å². The van der Waals surface area contributed by atoms with E-state index in [9.17, 15) is 9.59 Å². The predicted octanol–water partition coefficient (Wildman–Crippen LogP) is 1.23. The van der Waals surface area contributed by atoms with Gasteiger partial charge in [-0.2, -0.15) is 0 Å². The van der Waals surface area contributed by atoms with Crippen LogP contribution in [0.3, 0.4) is 0 Å². The monoisotopic (exact) mass is 289 g/mol. The Labute approximate surface area is 121 Å². The van der Waals surface area contributed by atoms with Crippen molar-refractivity contribution in [1.29, 1.82) is 0 Å². The molecule has 0 bridgehead atoms. The van der Waals surface area contributed by atoms with Crippen molar-refractivity contribution in [2.45, 2.75) is 6.92 Å². The number of carboxylic acid groups (broad SMARTS) is 1. The summed E-state index contributed by atoms with van der Waals surface area (Å²) in [4.78, 5) is 28.7. The number of nitrogens with zero attached hydrogens (tertiary/aromatic N) is 1. The van der Waals surface area contributed by atoms with Gasteiger partial charge in [-0.05, 0) is 24.6 Å². The second kappa shape index (κ2) is 6.56. The van der Waals surface area contributed by atoms with Gasteiger partial charge in [0, 0.05) is 0 Å². The van der Waals surface area contributed by atoms with E-state index in [0.29, 0.717) is 0 Å². The topological polar surface area (TPSA) is 104 Å². The van der Waals surface area contributed by atoms with E-state index in [1.54, 1.807) is 0 Å². The molecule has 110 valence electrons. The van der Waals surface area contributed by atoms with Crippen molar-refractivity contribution in [2.24, 2.45) is 0 Å². The molecule has 2 aromatic rings. The van der Waals surface area contributed by atoms with E-state index in [4.69, 9.17) is 9.84 Å². The smallest absolute Gasteiger partial charge is 0.354 e. The maximum Gasteiger partial charge on any atom is 0.354 e. The molecule has 0 saturated carbocycles. The van der Waals surface area contributed by atoms with Crippen LogP contribution in [-0.2, 0) is 0 Å². The number of rotatable bonds is 6. The molecule has 1 aromatic heterocycles. The number of benzene rings is 1. The summed E-state index contributed by atoms with van der Waals surface area (Å²) in [7, 11) is 0. The third-order valence-corrected chi connectivity index (χ3v) is 2.71. The van der Waals surface area contributed by atoms with Crippen molar-refractivity contribution in [1.82, 2.24) is 15.3 Å². The van der Waals surface area contributed by atoms with Crippen LogP contribution in [0.2, 0.25) is 0 Å². The average Bonchev–Trinajstić information content (AvgIpc) is 2.93. The number of aromatic carboxylic acids is 1. The lowest BCUT2D eigenvalue weighted by Crippen LogP contribution is -2.29. The predicted molar refractivity (Wildman–Crippen MR) is 74.6 cm³/mol. The molecule has 0 unspecified atom stereocenters. The van der Waals surface area contributed by atoms with Gasteiger partial charge in [0.15, 0.2) is 11.4 Å². The molecule has 7 nitrogen and oxygen atoms in total. The first-order valence-corrected chi connectivity index (χ1v) is 6.32. The van der Waals surface area contributed by atoms with E-state index in [1.807, 2.05) is 31.2 Å². The highest BCUT2D eigenvalue weighted by molar-refractivity contribution is 6.02. The largest absolute Gasteiger partial charge is 0.492 e. The molecular weight excluding hydrogens is 274 g/mol. The molecule has 1 heterocycles. The summed E-state index contributed by atoms with van der Waals surface area (Å²) in [6.07, 6.45) is 1.17. The number of aryl methyl sites for hydroxylation is 1. The zero-order valence-electron chi connectivity index (χ0n) is 11.4. The van der Waals surface area contributed by atoms with Crippen LogP contribution in [0.1, 0.15) is 26.5 Å². The minimum absolute atomic E-state index is 0.141. The van der Waals surface area contributed by atoms with Crippen LogP contribution in [0.15, 0.2) is 30.6 Å². The minimum Gasteiger partial charge on any atom is -0.492 e. The number of hydrogen-bond acceptors (Lipinski definition) is 4. The van der Waals surface area contributed by atoms with E-state index in [2.05, 4.69) is 15.3 Å². The van der Waals surface area contributed by atoms with Gasteiger partial charge in [-0.3, -0.25) is 4.79 Å². The average molecular weight is 289 g/mol. The van der Waals surface area contributed by atoms with Gasteiger partial charge in [-0.1, -0.05) is 12.1 Å². The van der Waals surface area contributed by atoms with Crippen LogP contribution < -0.4 is 10.1 Å². The molecule has 1 aromatic carbocycles. The third kappa shape index (κ3) is 3.82. The number of ether oxygens (including phenoxy) is 1. The summed E-state index contributed by atoms with van der Waals surface area (Å²) in [5, 5.41) is 11.4. The number of aromatic nitrogens is 2. The molecule has 1 amide bonds. The summed E-state index contributed by atoms with van der Waals surface area (Å²) < 4.78 is 5.47. The Morgan fingerprint density at radius 1 is 1.43 bits per heavy atom. The Kier molecular flexibility index (Phi) is 4.55. The van der Waals surface area contributed by atoms with Crippen LogP contribution in [0, 0.1) is 6.92 Å². The van der Waals surface area contributed by atoms with Crippen LogP contribution in [0.25, 0.3) is 0 Å². The molecule has 0 fully saturated rings.